The maximum absolute atomic E-state index is 5.72. The van der Waals surface area contributed by atoms with Crippen molar-refractivity contribution >= 4 is 11.5 Å². The van der Waals surface area contributed by atoms with Gasteiger partial charge < -0.3 is 20.5 Å². The number of nitrogens with two attached hydrogens (primary N) is 1. The third-order valence-corrected chi connectivity index (χ3v) is 1.66. The number of hydrogen-bond acceptors (Lipinski definition) is 6. The Kier molecular flexibility index (Phi) is 3.47. The molecule has 0 amide bonds. The van der Waals surface area contributed by atoms with E-state index < -0.39 is 0 Å². The Morgan fingerprint density at radius 3 is 2.57 bits per heavy atom. The molecule has 0 radical (unpaired) electrons. The number of aromatic nitrogens is 2. The zero-order valence-corrected chi connectivity index (χ0v) is 8.50. The van der Waals surface area contributed by atoms with Gasteiger partial charge in [0.25, 0.3) is 0 Å². The summed E-state index contributed by atoms with van der Waals surface area (Å²) in [6.45, 7) is 0.325. The van der Waals surface area contributed by atoms with Crippen molar-refractivity contribution in [3.8, 4) is 5.88 Å². The maximum atomic E-state index is 5.72. The molecule has 1 aromatic rings. The van der Waals surface area contributed by atoms with Crippen LogP contribution in [0.4, 0.5) is 11.5 Å². The first kappa shape index (κ1) is 10.5. The van der Waals surface area contributed by atoms with Crippen LogP contribution in [0, 0.1) is 0 Å². The van der Waals surface area contributed by atoms with Crippen LogP contribution in [0.5, 0.6) is 5.88 Å². The molecule has 0 aliphatic rings. The van der Waals surface area contributed by atoms with Crippen molar-refractivity contribution in [2.75, 3.05) is 32.3 Å². The molecule has 0 spiro atoms. The van der Waals surface area contributed by atoms with Crippen LogP contribution in [-0.4, -0.2) is 31.2 Å². The molecule has 14 heavy (non-hydrogen) atoms. The maximum Gasteiger partial charge on any atom is 0.242 e. The number of ether oxygens (including phenoxy) is 2. The van der Waals surface area contributed by atoms with E-state index in [9.17, 15) is 0 Å². The van der Waals surface area contributed by atoms with Gasteiger partial charge in [0.15, 0.2) is 11.6 Å². The van der Waals surface area contributed by atoms with Gasteiger partial charge >= 0.3 is 0 Å². The summed E-state index contributed by atoms with van der Waals surface area (Å²) in [6, 6.07) is 0. The number of methoxy groups -OCH3 is 2. The summed E-state index contributed by atoms with van der Waals surface area (Å²) in [5, 5.41) is 2.86. The van der Waals surface area contributed by atoms with Gasteiger partial charge in [0.1, 0.15) is 12.3 Å². The molecule has 0 aliphatic heterocycles. The fraction of sp³-hybridized carbons (Fsp3) is 0.500. The lowest BCUT2D eigenvalue weighted by Gasteiger charge is -2.09. The molecule has 1 aromatic heterocycles. The number of nitrogens with zero attached hydrogens (tertiary/aromatic N) is 2. The lowest BCUT2D eigenvalue weighted by atomic mass is 10.4. The SMILES string of the molecule is CNc1nc(COC)nc(OC)c1N. The molecule has 0 unspecified atom stereocenters. The van der Waals surface area contributed by atoms with E-state index in [2.05, 4.69) is 15.3 Å². The summed E-state index contributed by atoms with van der Waals surface area (Å²) >= 11 is 0. The van der Waals surface area contributed by atoms with Crippen molar-refractivity contribution in [3.05, 3.63) is 5.82 Å². The molecule has 1 heterocycles. The van der Waals surface area contributed by atoms with Crippen LogP contribution >= 0.6 is 0 Å². The second kappa shape index (κ2) is 4.61. The molecule has 6 heteroatoms. The summed E-state index contributed by atoms with van der Waals surface area (Å²) in [5.74, 6) is 1.43. The Balaban J connectivity index is 3.11. The van der Waals surface area contributed by atoms with Gasteiger partial charge in [-0.3, -0.25) is 0 Å². The topological polar surface area (TPSA) is 82.3 Å². The molecule has 0 saturated carbocycles. The number of nitrogens with one attached hydrogen (secondary N) is 1. The minimum Gasteiger partial charge on any atom is -0.479 e. The smallest absolute Gasteiger partial charge is 0.242 e. The predicted molar refractivity (Wildman–Crippen MR) is 53.3 cm³/mol. The van der Waals surface area contributed by atoms with Gasteiger partial charge in [0, 0.05) is 14.2 Å². The lowest BCUT2D eigenvalue weighted by molar-refractivity contribution is 0.177. The van der Waals surface area contributed by atoms with E-state index in [4.69, 9.17) is 15.2 Å². The average Bonchev–Trinajstić information content (AvgIpc) is 2.20. The van der Waals surface area contributed by atoms with Crippen LogP contribution in [0.2, 0.25) is 0 Å². The number of nitrogen functional groups attached to an aromatic ring is 1. The van der Waals surface area contributed by atoms with Crippen molar-refractivity contribution in [1.82, 2.24) is 9.97 Å². The first-order chi connectivity index (χ1) is 6.72. The molecular formula is C8H14N4O2. The van der Waals surface area contributed by atoms with E-state index in [0.29, 0.717) is 29.8 Å². The minimum atomic E-state index is 0.325. The summed E-state index contributed by atoms with van der Waals surface area (Å²) in [7, 11) is 4.81. The van der Waals surface area contributed by atoms with Crippen molar-refractivity contribution in [2.45, 2.75) is 6.61 Å². The summed E-state index contributed by atoms with van der Waals surface area (Å²) in [4.78, 5) is 8.20. The quantitative estimate of drug-likeness (QED) is 0.722. The molecule has 0 atom stereocenters. The molecule has 0 aliphatic carbocycles. The first-order valence-corrected chi connectivity index (χ1v) is 4.10. The van der Waals surface area contributed by atoms with E-state index in [0.717, 1.165) is 0 Å². The molecule has 0 bridgehead atoms. The highest BCUT2D eigenvalue weighted by atomic mass is 16.5. The molecule has 3 N–H and O–H groups in total. The third kappa shape index (κ3) is 2.02. The summed E-state index contributed by atoms with van der Waals surface area (Å²) < 4.78 is 9.92. The zero-order chi connectivity index (χ0) is 10.6. The Morgan fingerprint density at radius 2 is 2.07 bits per heavy atom. The Labute approximate surface area is 82.4 Å². The van der Waals surface area contributed by atoms with Crippen LogP contribution < -0.4 is 15.8 Å². The van der Waals surface area contributed by atoms with Gasteiger partial charge in [0.05, 0.1) is 7.11 Å². The van der Waals surface area contributed by atoms with Crippen molar-refractivity contribution in [3.63, 3.8) is 0 Å². The molecule has 0 aromatic carbocycles. The van der Waals surface area contributed by atoms with Gasteiger partial charge in [-0.05, 0) is 0 Å². The highest BCUT2D eigenvalue weighted by molar-refractivity contribution is 5.66. The second-order valence-electron chi connectivity index (χ2n) is 2.59. The molecule has 78 valence electrons. The van der Waals surface area contributed by atoms with Crippen LogP contribution in [0.1, 0.15) is 5.82 Å². The zero-order valence-electron chi connectivity index (χ0n) is 8.50. The number of anilines is 2. The third-order valence-electron chi connectivity index (χ3n) is 1.66. The van der Waals surface area contributed by atoms with Crippen LogP contribution in [0.15, 0.2) is 0 Å². The van der Waals surface area contributed by atoms with Crippen LogP contribution in [0.3, 0.4) is 0 Å². The number of rotatable bonds is 4. The molecule has 0 saturated heterocycles. The van der Waals surface area contributed by atoms with Gasteiger partial charge in [-0.25, -0.2) is 4.98 Å². The normalized spacial score (nSPS) is 9.93. The fourth-order valence-corrected chi connectivity index (χ4v) is 1.03. The van der Waals surface area contributed by atoms with Crippen LogP contribution in [0.25, 0.3) is 0 Å². The number of hydrogen-bond donors (Lipinski definition) is 2. The largest absolute Gasteiger partial charge is 0.479 e. The highest BCUT2D eigenvalue weighted by Gasteiger charge is 2.10. The van der Waals surface area contributed by atoms with Gasteiger partial charge in [-0.1, -0.05) is 0 Å². The Hall–Kier alpha value is -1.56. The second-order valence-corrected chi connectivity index (χ2v) is 2.59. The van der Waals surface area contributed by atoms with E-state index in [1.54, 1.807) is 14.2 Å². The summed E-state index contributed by atoms with van der Waals surface area (Å²) in [5.41, 5.74) is 6.11. The fourth-order valence-electron chi connectivity index (χ4n) is 1.03. The van der Waals surface area contributed by atoms with E-state index in [1.807, 2.05) is 0 Å². The van der Waals surface area contributed by atoms with E-state index in [1.165, 1.54) is 7.11 Å². The summed E-state index contributed by atoms with van der Waals surface area (Å²) in [6.07, 6.45) is 0. The first-order valence-electron chi connectivity index (χ1n) is 4.10. The van der Waals surface area contributed by atoms with Gasteiger partial charge in [-0.15, -0.1) is 0 Å². The van der Waals surface area contributed by atoms with Gasteiger partial charge in [-0.2, -0.15) is 4.98 Å². The molecule has 6 nitrogen and oxygen atoms in total. The average molecular weight is 198 g/mol. The van der Waals surface area contributed by atoms with Crippen molar-refractivity contribution in [1.29, 1.82) is 0 Å². The minimum absolute atomic E-state index is 0.325. The predicted octanol–water partition coefficient (Wildman–Crippen LogP) is 0.255. The molecule has 1 rings (SSSR count). The van der Waals surface area contributed by atoms with Crippen molar-refractivity contribution < 1.29 is 9.47 Å². The van der Waals surface area contributed by atoms with Crippen molar-refractivity contribution in [2.24, 2.45) is 0 Å². The standard InChI is InChI=1S/C8H14N4O2/c1-10-7-6(9)8(14-3)12-5(11-7)4-13-2/h4,9H2,1-3H3,(H,10,11,12). The van der Waals surface area contributed by atoms with E-state index >= 15 is 0 Å². The lowest BCUT2D eigenvalue weighted by Crippen LogP contribution is -2.07. The molecular weight excluding hydrogens is 184 g/mol. The molecule has 0 fully saturated rings. The Bertz CT molecular complexity index is 291. The van der Waals surface area contributed by atoms with Gasteiger partial charge in [0.2, 0.25) is 5.88 Å². The monoisotopic (exact) mass is 198 g/mol. The van der Waals surface area contributed by atoms with E-state index in [-0.39, 0.29) is 0 Å². The Morgan fingerprint density at radius 1 is 1.36 bits per heavy atom. The van der Waals surface area contributed by atoms with Crippen LogP contribution in [-0.2, 0) is 11.3 Å². The highest BCUT2D eigenvalue weighted by Crippen LogP contribution is 2.25.